The zero-order chi connectivity index (χ0) is 14.2. The van der Waals surface area contributed by atoms with Gasteiger partial charge in [-0.1, -0.05) is 22.0 Å². The van der Waals surface area contributed by atoms with E-state index in [1.165, 1.54) is 5.56 Å². The van der Waals surface area contributed by atoms with Crippen LogP contribution in [0.5, 0.6) is 0 Å². The number of nitrogens with one attached hydrogen (secondary N) is 1. The molecule has 1 unspecified atom stereocenters. The van der Waals surface area contributed by atoms with Gasteiger partial charge in [0.05, 0.1) is 6.04 Å². The van der Waals surface area contributed by atoms with Gasteiger partial charge in [0, 0.05) is 15.7 Å². The topological polar surface area (TPSA) is 32.3 Å². The van der Waals surface area contributed by atoms with E-state index in [-0.39, 0.29) is 17.5 Å². The van der Waals surface area contributed by atoms with Gasteiger partial charge in [0.25, 0.3) is 0 Å². The Morgan fingerprint density at radius 1 is 1.42 bits per heavy atom. The quantitative estimate of drug-likeness (QED) is 0.860. The highest BCUT2D eigenvalue weighted by Crippen LogP contribution is 2.32. The highest BCUT2D eigenvalue weighted by Gasteiger charge is 2.36. The molecule has 0 radical (unpaired) electrons. The third kappa shape index (κ3) is 2.84. The third-order valence-corrected chi connectivity index (χ3v) is 4.65. The number of carbonyl (C=O) groups is 1. The van der Waals surface area contributed by atoms with Crippen LogP contribution in [-0.2, 0) is 4.79 Å². The lowest BCUT2D eigenvalue weighted by atomic mass is 9.97. The Labute approximate surface area is 123 Å². The Kier molecular flexibility index (Phi) is 4.02. The fourth-order valence-electron chi connectivity index (χ4n) is 2.48. The van der Waals surface area contributed by atoms with E-state index in [1.54, 1.807) is 0 Å². The van der Waals surface area contributed by atoms with Crippen LogP contribution >= 0.6 is 15.9 Å². The molecule has 1 heterocycles. The van der Waals surface area contributed by atoms with E-state index in [1.807, 2.05) is 36.9 Å². The van der Waals surface area contributed by atoms with Crippen molar-refractivity contribution in [2.24, 2.45) is 0 Å². The van der Waals surface area contributed by atoms with Crippen molar-refractivity contribution in [1.82, 2.24) is 5.32 Å². The summed E-state index contributed by atoms with van der Waals surface area (Å²) < 4.78 is 1.04. The van der Waals surface area contributed by atoms with Crippen molar-refractivity contribution in [3.63, 3.8) is 0 Å². The van der Waals surface area contributed by atoms with Gasteiger partial charge in [-0.15, -0.1) is 0 Å². The summed E-state index contributed by atoms with van der Waals surface area (Å²) in [4.78, 5) is 14.5. The number of nitrogens with zero attached hydrogens (tertiary/aromatic N) is 1. The number of anilines is 1. The van der Waals surface area contributed by atoms with Crippen LogP contribution in [0.3, 0.4) is 0 Å². The van der Waals surface area contributed by atoms with Crippen LogP contribution in [0.4, 0.5) is 5.69 Å². The van der Waals surface area contributed by atoms with Gasteiger partial charge in [0.1, 0.15) is 0 Å². The van der Waals surface area contributed by atoms with Crippen molar-refractivity contribution in [3.8, 4) is 0 Å². The van der Waals surface area contributed by atoms with Crippen LogP contribution in [0.2, 0.25) is 0 Å². The number of hydrogen-bond acceptors (Lipinski definition) is 2. The Balaban J connectivity index is 2.47. The first-order valence-corrected chi connectivity index (χ1v) is 7.46. The smallest absolute Gasteiger partial charge is 0.244 e. The molecule has 1 aromatic rings. The molecule has 1 aromatic carbocycles. The van der Waals surface area contributed by atoms with E-state index in [0.29, 0.717) is 0 Å². The Morgan fingerprint density at radius 3 is 2.74 bits per heavy atom. The predicted octanol–water partition coefficient (Wildman–Crippen LogP) is 3.25. The molecule has 104 valence electrons. The normalized spacial score (nSPS) is 23.3. The summed E-state index contributed by atoms with van der Waals surface area (Å²) in [6.07, 6.45) is 0.939. The summed E-state index contributed by atoms with van der Waals surface area (Å²) in [6.45, 7) is 9.09. The lowest BCUT2D eigenvalue weighted by Crippen LogP contribution is -2.50. The highest BCUT2D eigenvalue weighted by atomic mass is 79.9. The molecule has 1 aliphatic rings. The van der Waals surface area contributed by atoms with Crippen LogP contribution in [-0.4, -0.2) is 24.0 Å². The summed E-state index contributed by atoms with van der Waals surface area (Å²) in [7, 11) is 0. The van der Waals surface area contributed by atoms with Gasteiger partial charge in [-0.3, -0.25) is 4.79 Å². The summed E-state index contributed by atoms with van der Waals surface area (Å²) >= 11 is 3.55. The SMILES string of the molecule is Cc1ccc(N2C(=O)C(C)NCCC2(C)C)cc1Br. The maximum absolute atomic E-state index is 12.6. The fraction of sp³-hybridized carbons (Fsp3) is 0.533. The van der Waals surface area contributed by atoms with Crippen LogP contribution < -0.4 is 10.2 Å². The Morgan fingerprint density at radius 2 is 2.11 bits per heavy atom. The average Bonchev–Trinajstić information content (AvgIpc) is 2.41. The van der Waals surface area contributed by atoms with Crippen LogP contribution in [0.1, 0.15) is 32.8 Å². The second-order valence-electron chi connectivity index (χ2n) is 5.85. The average molecular weight is 325 g/mol. The van der Waals surface area contributed by atoms with Crippen molar-refractivity contribution in [1.29, 1.82) is 0 Å². The standard InChI is InChI=1S/C15H21BrN2O/c1-10-5-6-12(9-13(10)16)18-14(19)11(2)17-8-7-15(18,3)4/h5-6,9,11,17H,7-8H2,1-4H3. The number of halogens is 1. The van der Waals surface area contributed by atoms with Crippen molar-refractivity contribution in [2.75, 3.05) is 11.4 Å². The molecular weight excluding hydrogens is 304 g/mol. The first-order chi connectivity index (χ1) is 8.83. The lowest BCUT2D eigenvalue weighted by Gasteiger charge is -2.37. The molecule has 1 N–H and O–H groups in total. The molecule has 2 rings (SSSR count). The van der Waals surface area contributed by atoms with Crippen molar-refractivity contribution >= 4 is 27.5 Å². The number of hydrogen-bond donors (Lipinski definition) is 1. The van der Waals surface area contributed by atoms with Gasteiger partial charge in [-0.05, 0) is 58.4 Å². The second-order valence-corrected chi connectivity index (χ2v) is 6.70. The highest BCUT2D eigenvalue weighted by molar-refractivity contribution is 9.10. The minimum absolute atomic E-state index is 0.137. The molecule has 0 saturated carbocycles. The number of benzene rings is 1. The molecule has 1 amide bonds. The van der Waals surface area contributed by atoms with Gasteiger partial charge in [-0.25, -0.2) is 0 Å². The minimum Gasteiger partial charge on any atom is -0.306 e. The Hall–Kier alpha value is -0.870. The summed E-state index contributed by atoms with van der Waals surface area (Å²) in [6, 6.07) is 5.97. The summed E-state index contributed by atoms with van der Waals surface area (Å²) in [5, 5.41) is 3.27. The van der Waals surface area contributed by atoms with Crippen molar-refractivity contribution < 1.29 is 4.79 Å². The number of rotatable bonds is 1. The molecule has 4 heteroatoms. The van der Waals surface area contributed by atoms with Crippen molar-refractivity contribution in [2.45, 2.75) is 45.7 Å². The van der Waals surface area contributed by atoms with E-state index in [2.05, 4.69) is 35.1 Å². The van der Waals surface area contributed by atoms with Gasteiger partial charge in [0.15, 0.2) is 0 Å². The third-order valence-electron chi connectivity index (χ3n) is 3.80. The summed E-state index contributed by atoms with van der Waals surface area (Å²) in [5.74, 6) is 0.137. The molecule has 0 spiro atoms. The van der Waals surface area contributed by atoms with Crippen molar-refractivity contribution in [3.05, 3.63) is 28.2 Å². The maximum Gasteiger partial charge on any atom is 0.244 e. The monoisotopic (exact) mass is 324 g/mol. The number of aryl methyl sites for hydroxylation is 1. The molecule has 1 fully saturated rings. The summed E-state index contributed by atoms with van der Waals surface area (Å²) in [5.41, 5.74) is 1.96. The fourth-order valence-corrected chi connectivity index (χ4v) is 2.85. The van der Waals surface area contributed by atoms with E-state index in [9.17, 15) is 4.79 Å². The van der Waals surface area contributed by atoms with Gasteiger partial charge in [-0.2, -0.15) is 0 Å². The van der Waals surface area contributed by atoms with E-state index in [0.717, 1.165) is 23.1 Å². The largest absolute Gasteiger partial charge is 0.306 e. The van der Waals surface area contributed by atoms with Gasteiger partial charge < -0.3 is 10.2 Å². The predicted molar refractivity (Wildman–Crippen MR) is 82.5 cm³/mol. The van der Waals surface area contributed by atoms with Gasteiger partial charge in [0.2, 0.25) is 5.91 Å². The van der Waals surface area contributed by atoms with Gasteiger partial charge >= 0.3 is 0 Å². The van der Waals surface area contributed by atoms with E-state index >= 15 is 0 Å². The second kappa shape index (κ2) is 5.25. The maximum atomic E-state index is 12.6. The molecule has 19 heavy (non-hydrogen) atoms. The molecule has 3 nitrogen and oxygen atoms in total. The zero-order valence-corrected chi connectivity index (χ0v) is 13.5. The molecular formula is C15H21BrN2O. The van der Waals surface area contributed by atoms with Crippen LogP contribution in [0, 0.1) is 6.92 Å². The Bertz CT molecular complexity index is 499. The zero-order valence-electron chi connectivity index (χ0n) is 12.0. The van der Waals surface area contributed by atoms with E-state index < -0.39 is 0 Å². The molecule has 1 atom stereocenters. The molecule has 0 aliphatic carbocycles. The number of amides is 1. The first-order valence-electron chi connectivity index (χ1n) is 6.66. The molecule has 0 aromatic heterocycles. The molecule has 0 bridgehead atoms. The number of carbonyl (C=O) groups excluding carboxylic acids is 1. The molecule has 1 aliphatic heterocycles. The van der Waals surface area contributed by atoms with E-state index in [4.69, 9.17) is 0 Å². The molecule has 1 saturated heterocycles. The van der Waals surface area contributed by atoms with Crippen LogP contribution in [0.25, 0.3) is 0 Å². The minimum atomic E-state index is -0.177. The lowest BCUT2D eigenvalue weighted by molar-refractivity contribution is -0.120. The van der Waals surface area contributed by atoms with Crippen LogP contribution in [0.15, 0.2) is 22.7 Å². The first kappa shape index (κ1) is 14.5.